The number of thiophene rings is 1. The van der Waals surface area contributed by atoms with Crippen LogP contribution >= 0.6 is 11.3 Å². The second-order valence-electron chi connectivity index (χ2n) is 8.49. The molecule has 0 aliphatic rings. The van der Waals surface area contributed by atoms with Crippen molar-refractivity contribution in [2.75, 3.05) is 0 Å². The van der Waals surface area contributed by atoms with Crippen molar-refractivity contribution in [3.8, 4) is 0 Å². The highest BCUT2D eigenvalue weighted by Gasteiger charge is 2.24. The Morgan fingerprint density at radius 1 is 1.15 bits per heavy atom. The molecule has 0 aliphatic heterocycles. The van der Waals surface area contributed by atoms with Crippen molar-refractivity contribution in [2.45, 2.75) is 39.9 Å². The highest BCUT2D eigenvalue weighted by Crippen LogP contribution is 2.23. The van der Waals surface area contributed by atoms with Gasteiger partial charge < -0.3 is 9.88 Å². The number of aromatic amines is 1. The van der Waals surface area contributed by atoms with Gasteiger partial charge in [0.1, 0.15) is 5.82 Å². The number of hydrogen-bond donors (Lipinski definition) is 1. The van der Waals surface area contributed by atoms with Crippen LogP contribution in [0.25, 0.3) is 21.9 Å². The lowest BCUT2D eigenvalue weighted by molar-refractivity contribution is 0.0687. The summed E-state index contributed by atoms with van der Waals surface area (Å²) < 4.78 is 1.83. The molecule has 0 saturated carbocycles. The number of benzene rings is 1. The lowest BCUT2D eigenvalue weighted by atomic mass is 10.1. The minimum absolute atomic E-state index is 0.117. The van der Waals surface area contributed by atoms with Crippen LogP contribution in [-0.2, 0) is 13.1 Å². The van der Waals surface area contributed by atoms with Crippen LogP contribution in [0.15, 0.2) is 58.8 Å². The minimum Gasteiger partial charge on any atom is -0.329 e. The van der Waals surface area contributed by atoms with Gasteiger partial charge in [0.2, 0.25) is 0 Å². The zero-order valence-electron chi connectivity index (χ0n) is 19.1. The average molecular weight is 473 g/mol. The molecule has 1 amide bonds. The number of fused-ring (bicyclic) bond motifs is 2. The maximum absolute atomic E-state index is 13.8. The Kier molecular flexibility index (Phi) is 5.70. The molecule has 0 bridgehead atoms. The predicted molar refractivity (Wildman–Crippen MR) is 133 cm³/mol. The third-order valence-corrected chi connectivity index (χ3v) is 6.58. The third-order valence-electron chi connectivity index (χ3n) is 5.72. The summed E-state index contributed by atoms with van der Waals surface area (Å²) in [7, 11) is 0. The van der Waals surface area contributed by atoms with Crippen molar-refractivity contribution in [3.63, 3.8) is 0 Å². The van der Waals surface area contributed by atoms with Crippen molar-refractivity contribution in [1.82, 2.24) is 29.6 Å². The molecule has 1 aromatic carbocycles. The Hall–Kier alpha value is -3.85. The number of pyridine rings is 1. The van der Waals surface area contributed by atoms with E-state index in [-0.39, 0.29) is 24.1 Å². The molecule has 5 aromatic rings. The van der Waals surface area contributed by atoms with Gasteiger partial charge in [-0.2, -0.15) is 5.10 Å². The molecule has 0 fully saturated rings. The summed E-state index contributed by atoms with van der Waals surface area (Å²) in [5.74, 6) is 0.290. The minimum atomic E-state index is -0.214. The van der Waals surface area contributed by atoms with Crippen molar-refractivity contribution in [1.29, 1.82) is 0 Å². The van der Waals surface area contributed by atoms with Gasteiger partial charge in [-0.05, 0) is 50.4 Å². The largest absolute Gasteiger partial charge is 0.329 e. The van der Waals surface area contributed by atoms with Crippen molar-refractivity contribution >= 4 is 39.2 Å². The number of H-pyrrole nitrogens is 1. The molecule has 1 N–H and O–H groups in total. The van der Waals surface area contributed by atoms with Crippen molar-refractivity contribution in [2.24, 2.45) is 0 Å². The average Bonchev–Trinajstić information content (AvgIpc) is 3.47. The molecule has 8 nitrogen and oxygen atoms in total. The van der Waals surface area contributed by atoms with Crippen LogP contribution in [-0.4, -0.2) is 41.6 Å². The van der Waals surface area contributed by atoms with Gasteiger partial charge in [-0.25, -0.2) is 14.6 Å². The zero-order chi connectivity index (χ0) is 23.8. The molecule has 5 rings (SSSR count). The van der Waals surface area contributed by atoms with Crippen molar-refractivity contribution < 1.29 is 4.79 Å². The Balaban J connectivity index is 1.52. The summed E-state index contributed by atoms with van der Waals surface area (Å²) >= 11 is 1.66. The van der Waals surface area contributed by atoms with E-state index in [0.717, 1.165) is 10.6 Å². The van der Waals surface area contributed by atoms with Crippen LogP contribution in [0.3, 0.4) is 0 Å². The van der Waals surface area contributed by atoms with Gasteiger partial charge in [-0.3, -0.25) is 9.59 Å². The first-order chi connectivity index (χ1) is 16.4. The first kappa shape index (κ1) is 22.0. The van der Waals surface area contributed by atoms with Crippen LogP contribution in [0.1, 0.15) is 40.6 Å². The topological polar surface area (TPSA) is 96.8 Å². The second kappa shape index (κ2) is 8.83. The maximum Gasteiger partial charge on any atom is 0.258 e. The van der Waals surface area contributed by atoms with E-state index in [4.69, 9.17) is 0 Å². The van der Waals surface area contributed by atoms with E-state index >= 15 is 0 Å². The van der Waals surface area contributed by atoms with E-state index < -0.39 is 0 Å². The van der Waals surface area contributed by atoms with Gasteiger partial charge >= 0.3 is 0 Å². The molecule has 4 heterocycles. The van der Waals surface area contributed by atoms with E-state index in [0.29, 0.717) is 39.9 Å². The summed E-state index contributed by atoms with van der Waals surface area (Å²) in [5, 5.41) is 7.78. The van der Waals surface area contributed by atoms with Crippen molar-refractivity contribution in [3.05, 3.63) is 86.4 Å². The van der Waals surface area contributed by atoms with Crippen LogP contribution < -0.4 is 5.56 Å². The second-order valence-corrected chi connectivity index (χ2v) is 9.52. The van der Waals surface area contributed by atoms with Gasteiger partial charge in [0.05, 0.1) is 41.1 Å². The molecule has 0 spiro atoms. The lowest BCUT2D eigenvalue weighted by Crippen LogP contribution is -2.37. The highest BCUT2D eigenvalue weighted by molar-refractivity contribution is 7.09. The fraction of sp³-hybridized carbons (Fsp3) is 0.240. The number of carbonyl (C=O) groups excluding carboxylic acids is 1. The number of nitrogens with zero attached hydrogens (tertiary/aromatic N) is 5. The molecule has 0 aliphatic carbocycles. The third kappa shape index (κ3) is 4.10. The number of hydrogen-bond acceptors (Lipinski definition) is 6. The van der Waals surface area contributed by atoms with Gasteiger partial charge in [-0.1, -0.05) is 18.2 Å². The van der Waals surface area contributed by atoms with E-state index in [2.05, 4.69) is 26.1 Å². The fourth-order valence-corrected chi connectivity index (χ4v) is 4.72. The van der Waals surface area contributed by atoms with Gasteiger partial charge in [0.15, 0.2) is 5.65 Å². The van der Waals surface area contributed by atoms with Gasteiger partial charge in [0.25, 0.3) is 11.5 Å². The number of aryl methyl sites for hydroxylation is 1. The number of aromatic nitrogens is 5. The monoisotopic (exact) mass is 472 g/mol. The Bertz CT molecular complexity index is 1550. The summed E-state index contributed by atoms with van der Waals surface area (Å²) in [5.41, 5.74) is 2.35. The van der Waals surface area contributed by atoms with E-state index in [1.165, 1.54) is 0 Å². The molecular formula is C25H24N6O2S. The predicted octanol–water partition coefficient (Wildman–Crippen LogP) is 4.14. The maximum atomic E-state index is 13.8. The highest BCUT2D eigenvalue weighted by atomic mass is 32.1. The fourth-order valence-electron chi connectivity index (χ4n) is 4.03. The summed E-state index contributed by atoms with van der Waals surface area (Å²) in [6.45, 7) is 6.55. The van der Waals surface area contributed by atoms with E-state index in [9.17, 15) is 9.59 Å². The Labute approximate surface area is 199 Å². The summed E-state index contributed by atoms with van der Waals surface area (Å²) in [6.07, 6.45) is 1.71. The Morgan fingerprint density at radius 2 is 1.97 bits per heavy atom. The number of carbonyl (C=O) groups is 1. The van der Waals surface area contributed by atoms with E-state index in [1.54, 1.807) is 46.7 Å². The molecule has 0 atom stereocenters. The van der Waals surface area contributed by atoms with Gasteiger partial charge in [-0.15, -0.1) is 11.3 Å². The number of rotatable bonds is 6. The molecule has 34 heavy (non-hydrogen) atoms. The first-order valence-corrected chi connectivity index (χ1v) is 11.9. The molecule has 9 heteroatoms. The van der Waals surface area contributed by atoms with Crippen LogP contribution in [0, 0.1) is 6.92 Å². The summed E-state index contributed by atoms with van der Waals surface area (Å²) in [4.78, 5) is 41.3. The van der Waals surface area contributed by atoms with Crippen LogP contribution in [0.4, 0.5) is 0 Å². The molecule has 4 aromatic heterocycles. The molecule has 0 saturated heterocycles. The first-order valence-electron chi connectivity index (χ1n) is 11.0. The van der Waals surface area contributed by atoms with Crippen LogP contribution in [0.2, 0.25) is 0 Å². The molecule has 0 radical (unpaired) electrons. The number of nitrogens with one attached hydrogen (secondary N) is 1. The van der Waals surface area contributed by atoms with E-state index in [1.807, 2.05) is 43.0 Å². The SMILES string of the molecule is Cc1cc(C(=O)N(Cc2nc3ccccc3c(=O)[nH]2)C(C)C)c2cnn(Cc3cccs3)c2n1. The number of amides is 1. The smallest absolute Gasteiger partial charge is 0.258 e. The quantitative estimate of drug-likeness (QED) is 0.401. The standard InChI is InChI=1S/C25H24N6O2S/c1-15(2)30(14-22-28-21-9-5-4-8-18(21)24(32)29-22)25(33)19-11-16(3)27-23-20(19)12-26-31(23)13-17-7-6-10-34-17/h4-12,15H,13-14H2,1-3H3,(H,28,29,32). The molecular weight excluding hydrogens is 448 g/mol. The van der Waals surface area contributed by atoms with Gasteiger partial charge in [0, 0.05) is 16.6 Å². The molecule has 0 unspecified atom stereocenters. The summed E-state index contributed by atoms with van der Waals surface area (Å²) in [6, 6.07) is 12.9. The van der Waals surface area contributed by atoms with Crippen LogP contribution in [0.5, 0.6) is 0 Å². The zero-order valence-corrected chi connectivity index (χ0v) is 20.0. The number of para-hydroxylation sites is 1. The lowest BCUT2D eigenvalue weighted by Gasteiger charge is -2.26. The molecule has 172 valence electrons. The Morgan fingerprint density at radius 3 is 2.74 bits per heavy atom. The normalized spacial score (nSPS) is 11.5.